The first kappa shape index (κ1) is 14.0. The van der Waals surface area contributed by atoms with Crippen LogP contribution in [0, 0.1) is 13.8 Å². The molecule has 0 aliphatic carbocycles. The van der Waals surface area contributed by atoms with Crippen molar-refractivity contribution in [3.05, 3.63) is 28.8 Å². The van der Waals surface area contributed by atoms with E-state index in [0.29, 0.717) is 6.04 Å². The second-order valence-electron chi connectivity index (χ2n) is 4.96. The van der Waals surface area contributed by atoms with Gasteiger partial charge in [0.15, 0.2) is 0 Å². The molecule has 2 heteroatoms. The normalized spacial score (nSPS) is 10.9. The predicted molar refractivity (Wildman–Crippen MR) is 73.9 cm³/mol. The molecule has 0 heterocycles. The van der Waals surface area contributed by atoms with Crippen molar-refractivity contribution >= 4 is 0 Å². The van der Waals surface area contributed by atoms with Crippen molar-refractivity contribution in [1.82, 2.24) is 5.32 Å². The highest BCUT2D eigenvalue weighted by Gasteiger charge is 2.04. The number of methoxy groups -OCH3 is 1. The first-order valence-corrected chi connectivity index (χ1v) is 6.42. The van der Waals surface area contributed by atoms with Crippen LogP contribution in [0.2, 0.25) is 0 Å². The van der Waals surface area contributed by atoms with Gasteiger partial charge in [-0.1, -0.05) is 19.9 Å². The molecule has 1 N–H and O–H groups in total. The Morgan fingerprint density at radius 2 is 1.88 bits per heavy atom. The summed E-state index contributed by atoms with van der Waals surface area (Å²) in [7, 11) is 1.73. The zero-order valence-electron chi connectivity index (χ0n) is 11.8. The Labute approximate surface area is 105 Å². The lowest BCUT2D eigenvalue weighted by atomic mass is 10.0. The topological polar surface area (TPSA) is 21.3 Å². The first-order valence-electron chi connectivity index (χ1n) is 6.42. The van der Waals surface area contributed by atoms with Gasteiger partial charge in [0.05, 0.1) is 7.11 Å². The Morgan fingerprint density at radius 3 is 2.47 bits per heavy atom. The maximum Gasteiger partial charge on any atom is 0.122 e. The lowest BCUT2D eigenvalue weighted by Crippen LogP contribution is -2.24. The third-order valence-corrected chi connectivity index (χ3v) is 3.03. The van der Waals surface area contributed by atoms with E-state index in [-0.39, 0.29) is 0 Å². The third kappa shape index (κ3) is 4.39. The van der Waals surface area contributed by atoms with Gasteiger partial charge in [-0.2, -0.15) is 0 Å². The number of benzene rings is 1. The Kier molecular flexibility index (Phi) is 5.49. The summed E-state index contributed by atoms with van der Waals surface area (Å²) in [6.45, 7) is 9.72. The van der Waals surface area contributed by atoms with Gasteiger partial charge >= 0.3 is 0 Å². The minimum atomic E-state index is 0.578. The number of ether oxygens (including phenoxy) is 1. The van der Waals surface area contributed by atoms with E-state index in [9.17, 15) is 0 Å². The molecule has 0 aromatic heterocycles. The molecule has 0 atom stereocenters. The van der Waals surface area contributed by atoms with Crippen LogP contribution in [0.15, 0.2) is 12.1 Å². The molecule has 0 aliphatic rings. The van der Waals surface area contributed by atoms with Gasteiger partial charge in [0.1, 0.15) is 5.75 Å². The summed E-state index contributed by atoms with van der Waals surface area (Å²) in [6.07, 6.45) is 2.32. The number of hydrogen-bond acceptors (Lipinski definition) is 2. The Balaban J connectivity index is 2.56. The minimum absolute atomic E-state index is 0.578. The molecular weight excluding hydrogens is 210 g/mol. The van der Waals surface area contributed by atoms with Gasteiger partial charge in [0, 0.05) is 6.04 Å². The third-order valence-electron chi connectivity index (χ3n) is 3.03. The summed E-state index contributed by atoms with van der Waals surface area (Å²) in [5.74, 6) is 0.992. The number of rotatable bonds is 6. The lowest BCUT2D eigenvalue weighted by Gasteiger charge is -2.12. The molecule has 0 fully saturated rings. The van der Waals surface area contributed by atoms with Gasteiger partial charge in [-0.25, -0.2) is 0 Å². The van der Waals surface area contributed by atoms with E-state index in [1.54, 1.807) is 7.11 Å². The summed E-state index contributed by atoms with van der Waals surface area (Å²) in [5.41, 5.74) is 4.00. The van der Waals surface area contributed by atoms with Gasteiger partial charge in [0.2, 0.25) is 0 Å². The van der Waals surface area contributed by atoms with Crippen LogP contribution in [0.4, 0.5) is 0 Å². The zero-order chi connectivity index (χ0) is 12.8. The van der Waals surface area contributed by atoms with Crippen LogP contribution in [-0.4, -0.2) is 19.7 Å². The second kappa shape index (κ2) is 6.65. The van der Waals surface area contributed by atoms with E-state index >= 15 is 0 Å². The zero-order valence-corrected chi connectivity index (χ0v) is 11.8. The Bertz CT molecular complexity index is 358. The molecule has 1 rings (SSSR count). The fourth-order valence-corrected chi connectivity index (χ4v) is 2.01. The van der Waals surface area contributed by atoms with Crippen LogP contribution in [-0.2, 0) is 6.42 Å². The summed E-state index contributed by atoms with van der Waals surface area (Å²) in [4.78, 5) is 0. The molecule has 0 aliphatic heterocycles. The molecule has 1 aromatic rings. The van der Waals surface area contributed by atoms with Crippen molar-refractivity contribution in [3.63, 3.8) is 0 Å². The molecule has 17 heavy (non-hydrogen) atoms. The minimum Gasteiger partial charge on any atom is -0.496 e. The highest BCUT2D eigenvalue weighted by molar-refractivity contribution is 5.41. The number of hydrogen-bond donors (Lipinski definition) is 1. The van der Waals surface area contributed by atoms with Crippen molar-refractivity contribution in [1.29, 1.82) is 0 Å². The number of aryl methyl sites for hydroxylation is 3. The highest BCUT2D eigenvalue weighted by Crippen LogP contribution is 2.23. The molecule has 0 unspecified atom stereocenters. The van der Waals surface area contributed by atoms with Crippen LogP contribution in [0.1, 0.15) is 37.0 Å². The maximum absolute atomic E-state index is 5.33. The second-order valence-corrected chi connectivity index (χ2v) is 4.96. The largest absolute Gasteiger partial charge is 0.496 e. The summed E-state index contributed by atoms with van der Waals surface area (Å²) >= 11 is 0. The molecular formula is C15H25NO. The maximum atomic E-state index is 5.33. The number of nitrogens with one attached hydrogen (secondary N) is 1. The summed E-state index contributed by atoms with van der Waals surface area (Å²) in [6, 6.07) is 4.97. The van der Waals surface area contributed by atoms with E-state index in [1.807, 2.05) is 0 Å². The predicted octanol–water partition coefficient (Wildman–Crippen LogP) is 3.24. The molecule has 0 saturated heterocycles. The van der Waals surface area contributed by atoms with Crippen LogP contribution in [0.3, 0.4) is 0 Å². The van der Waals surface area contributed by atoms with Crippen molar-refractivity contribution in [2.75, 3.05) is 13.7 Å². The van der Waals surface area contributed by atoms with Crippen molar-refractivity contribution in [2.24, 2.45) is 0 Å². The molecule has 0 saturated carbocycles. The fraction of sp³-hybridized carbons (Fsp3) is 0.600. The molecule has 0 bridgehead atoms. The molecule has 96 valence electrons. The van der Waals surface area contributed by atoms with E-state index < -0.39 is 0 Å². The van der Waals surface area contributed by atoms with Crippen molar-refractivity contribution in [3.8, 4) is 5.75 Å². The lowest BCUT2D eigenvalue weighted by molar-refractivity contribution is 0.411. The molecule has 0 spiro atoms. The van der Waals surface area contributed by atoms with Crippen LogP contribution in [0.25, 0.3) is 0 Å². The van der Waals surface area contributed by atoms with Crippen molar-refractivity contribution < 1.29 is 4.74 Å². The van der Waals surface area contributed by atoms with E-state index in [4.69, 9.17) is 4.74 Å². The monoisotopic (exact) mass is 235 g/mol. The average Bonchev–Trinajstić information content (AvgIpc) is 2.28. The first-order chi connectivity index (χ1) is 8.04. The van der Waals surface area contributed by atoms with E-state index in [2.05, 4.69) is 45.1 Å². The van der Waals surface area contributed by atoms with Crippen LogP contribution >= 0.6 is 0 Å². The van der Waals surface area contributed by atoms with E-state index in [0.717, 1.165) is 18.7 Å². The standard InChI is InChI=1S/C15H25NO/c1-11(2)16-8-6-7-14-9-13(4)15(17-5)10-12(14)3/h9-11,16H,6-8H2,1-5H3. The summed E-state index contributed by atoms with van der Waals surface area (Å²) in [5, 5.41) is 3.45. The molecule has 0 amide bonds. The highest BCUT2D eigenvalue weighted by atomic mass is 16.5. The average molecular weight is 235 g/mol. The smallest absolute Gasteiger partial charge is 0.122 e. The van der Waals surface area contributed by atoms with Gasteiger partial charge in [0.25, 0.3) is 0 Å². The van der Waals surface area contributed by atoms with Crippen LogP contribution in [0.5, 0.6) is 5.75 Å². The molecule has 0 radical (unpaired) electrons. The van der Waals surface area contributed by atoms with Gasteiger partial charge in [-0.15, -0.1) is 0 Å². The Morgan fingerprint density at radius 1 is 1.18 bits per heavy atom. The SMILES string of the molecule is COc1cc(C)c(CCCNC(C)C)cc1C. The van der Waals surface area contributed by atoms with Gasteiger partial charge < -0.3 is 10.1 Å². The van der Waals surface area contributed by atoms with E-state index in [1.165, 1.54) is 23.1 Å². The Hall–Kier alpha value is -1.02. The fourth-order valence-electron chi connectivity index (χ4n) is 2.01. The quantitative estimate of drug-likeness (QED) is 0.764. The van der Waals surface area contributed by atoms with Crippen LogP contribution < -0.4 is 10.1 Å². The molecule has 2 nitrogen and oxygen atoms in total. The van der Waals surface area contributed by atoms with Gasteiger partial charge in [-0.05, 0) is 56.0 Å². The van der Waals surface area contributed by atoms with Gasteiger partial charge in [-0.3, -0.25) is 0 Å². The molecule has 1 aromatic carbocycles. The van der Waals surface area contributed by atoms with Crippen molar-refractivity contribution in [2.45, 2.75) is 46.6 Å². The summed E-state index contributed by atoms with van der Waals surface area (Å²) < 4.78 is 5.33.